The highest BCUT2D eigenvalue weighted by Crippen LogP contribution is 2.22. The summed E-state index contributed by atoms with van der Waals surface area (Å²) in [5.74, 6) is -7.48. The lowest BCUT2D eigenvalue weighted by atomic mass is 10.0. The first kappa shape index (κ1) is 14.3. The van der Waals surface area contributed by atoms with Gasteiger partial charge in [-0.25, -0.2) is 4.79 Å². The summed E-state index contributed by atoms with van der Waals surface area (Å²) in [5, 5.41) is 0. The lowest BCUT2D eigenvalue weighted by Gasteiger charge is -2.13. The summed E-state index contributed by atoms with van der Waals surface area (Å²) in [7, 11) is 0. The van der Waals surface area contributed by atoms with Crippen molar-refractivity contribution in [1.82, 2.24) is 0 Å². The minimum Gasteiger partial charge on any atom is -0.461 e. The van der Waals surface area contributed by atoms with Crippen molar-refractivity contribution in [3.05, 3.63) is 35.4 Å². The van der Waals surface area contributed by atoms with E-state index >= 15 is 0 Å². The van der Waals surface area contributed by atoms with Crippen LogP contribution >= 0.6 is 0 Å². The molecule has 0 aromatic heterocycles. The molecule has 0 atom stereocenters. The molecule has 1 aromatic carbocycles. The highest BCUT2D eigenvalue weighted by Gasteiger charge is 2.49. The first-order valence-electron chi connectivity index (χ1n) is 5.62. The molecule has 0 unspecified atom stereocenters. The highest BCUT2D eigenvalue weighted by atomic mass is 19.3. The number of rotatable bonds is 5. The van der Waals surface area contributed by atoms with Crippen molar-refractivity contribution in [2.24, 2.45) is 0 Å². The van der Waals surface area contributed by atoms with Crippen molar-refractivity contribution >= 4 is 11.8 Å². The summed E-state index contributed by atoms with van der Waals surface area (Å²) < 4.78 is 31.1. The second kappa shape index (κ2) is 5.71. The fourth-order valence-corrected chi connectivity index (χ4v) is 1.39. The molecule has 0 saturated heterocycles. The van der Waals surface area contributed by atoms with E-state index in [9.17, 15) is 18.4 Å². The monoisotopic (exact) mass is 256 g/mol. The zero-order chi connectivity index (χ0) is 13.8. The van der Waals surface area contributed by atoms with E-state index in [-0.39, 0.29) is 12.2 Å². The molecule has 1 rings (SSSR count). The summed E-state index contributed by atoms with van der Waals surface area (Å²) in [4.78, 5) is 22.5. The van der Waals surface area contributed by atoms with Crippen molar-refractivity contribution in [2.45, 2.75) is 26.2 Å². The zero-order valence-corrected chi connectivity index (χ0v) is 10.2. The van der Waals surface area contributed by atoms with Gasteiger partial charge in [-0.3, -0.25) is 4.79 Å². The summed E-state index contributed by atoms with van der Waals surface area (Å²) in [6, 6.07) is 5.73. The van der Waals surface area contributed by atoms with Gasteiger partial charge in [0.05, 0.1) is 6.61 Å². The van der Waals surface area contributed by atoms with E-state index in [4.69, 9.17) is 0 Å². The van der Waals surface area contributed by atoms with Gasteiger partial charge in [-0.1, -0.05) is 31.2 Å². The number of hydrogen-bond donors (Lipinski definition) is 0. The maximum absolute atomic E-state index is 13.4. The third kappa shape index (κ3) is 2.91. The number of carbonyl (C=O) groups excluding carboxylic acids is 2. The molecule has 0 spiro atoms. The Kier molecular flexibility index (Phi) is 4.53. The van der Waals surface area contributed by atoms with Gasteiger partial charge in [-0.15, -0.1) is 0 Å². The molecule has 0 amide bonds. The first-order valence-corrected chi connectivity index (χ1v) is 5.62. The van der Waals surface area contributed by atoms with E-state index in [2.05, 4.69) is 4.74 Å². The van der Waals surface area contributed by atoms with Crippen molar-refractivity contribution in [3.63, 3.8) is 0 Å². The molecule has 0 saturated carbocycles. The van der Waals surface area contributed by atoms with Crippen molar-refractivity contribution in [3.8, 4) is 0 Å². The highest BCUT2D eigenvalue weighted by molar-refractivity contribution is 6.13. The lowest BCUT2D eigenvalue weighted by Crippen LogP contribution is -2.39. The Hall–Kier alpha value is -1.78. The summed E-state index contributed by atoms with van der Waals surface area (Å²) >= 11 is 0. The third-order valence-corrected chi connectivity index (χ3v) is 2.44. The molecule has 18 heavy (non-hydrogen) atoms. The molecule has 0 bridgehead atoms. The normalized spacial score (nSPS) is 11.1. The van der Waals surface area contributed by atoms with E-state index in [1.165, 1.54) is 19.1 Å². The van der Waals surface area contributed by atoms with Gasteiger partial charge in [0.15, 0.2) is 0 Å². The minimum absolute atomic E-state index is 0.198. The van der Waals surface area contributed by atoms with Gasteiger partial charge < -0.3 is 4.74 Å². The van der Waals surface area contributed by atoms with Crippen LogP contribution < -0.4 is 0 Å². The quantitative estimate of drug-likeness (QED) is 0.462. The van der Waals surface area contributed by atoms with Gasteiger partial charge in [0.2, 0.25) is 5.78 Å². The van der Waals surface area contributed by atoms with Gasteiger partial charge in [-0.2, -0.15) is 8.78 Å². The van der Waals surface area contributed by atoms with Crippen LogP contribution in [0.5, 0.6) is 0 Å². The Morgan fingerprint density at radius 3 is 2.17 bits per heavy atom. The molecule has 0 fully saturated rings. The maximum atomic E-state index is 13.4. The molecule has 0 aliphatic carbocycles. The Morgan fingerprint density at radius 1 is 1.17 bits per heavy atom. The summed E-state index contributed by atoms with van der Waals surface area (Å²) in [6.07, 6.45) is 0.739. The smallest absolute Gasteiger partial charge is 0.404 e. The number of halogens is 2. The van der Waals surface area contributed by atoms with Gasteiger partial charge in [-0.05, 0) is 18.9 Å². The Morgan fingerprint density at radius 2 is 1.72 bits per heavy atom. The lowest BCUT2D eigenvalue weighted by molar-refractivity contribution is -0.164. The van der Waals surface area contributed by atoms with Crippen LogP contribution in [0.15, 0.2) is 24.3 Å². The van der Waals surface area contributed by atoms with Crippen molar-refractivity contribution in [2.75, 3.05) is 6.61 Å². The third-order valence-electron chi connectivity index (χ3n) is 2.44. The fourth-order valence-electron chi connectivity index (χ4n) is 1.39. The number of aryl methyl sites for hydroxylation is 1. The molecular weight excluding hydrogens is 242 g/mol. The number of Topliss-reactive ketones (excluding diaryl/α,β-unsaturated/α-hetero) is 1. The average Bonchev–Trinajstić information content (AvgIpc) is 2.38. The van der Waals surface area contributed by atoms with Crippen LogP contribution in [0.3, 0.4) is 0 Å². The Bertz CT molecular complexity index is 438. The van der Waals surface area contributed by atoms with Gasteiger partial charge >= 0.3 is 11.9 Å². The van der Waals surface area contributed by atoms with E-state index in [0.29, 0.717) is 0 Å². The number of carbonyl (C=O) groups is 2. The summed E-state index contributed by atoms with van der Waals surface area (Å²) in [6.45, 7) is 3.11. The largest absolute Gasteiger partial charge is 0.461 e. The van der Waals surface area contributed by atoms with Crippen LogP contribution in [0.25, 0.3) is 0 Å². The number of esters is 1. The van der Waals surface area contributed by atoms with Crippen molar-refractivity contribution in [1.29, 1.82) is 0 Å². The van der Waals surface area contributed by atoms with Crippen LogP contribution in [0.2, 0.25) is 0 Å². The summed E-state index contributed by atoms with van der Waals surface area (Å²) in [5.41, 5.74) is 0.719. The van der Waals surface area contributed by atoms with Crippen LogP contribution in [0.1, 0.15) is 29.8 Å². The van der Waals surface area contributed by atoms with Gasteiger partial charge in [0, 0.05) is 5.56 Å². The topological polar surface area (TPSA) is 43.4 Å². The molecule has 0 aliphatic rings. The number of ether oxygens (including phenoxy) is 1. The molecular formula is C13H14F2O3. The second-order valence-electron chi connectivity index (χ2n) is 3.67. The van der Waals surface area contributed by atoms with Crippen LogP contribution in [0.4, 0.5) is 8.78 Å². The molecule has 0 aliphatic heterocycles. The molecule has 98 valence electrons. The van der Waals surface area contributed by atoms with E-state index in [0.717, 1.165) is 12.0 Å². The standard InChI is InChI=1S/C13H14F2O3/c1-3-9-5-7-10(8-6-9)11(16)13(14,15)12(17)18-4-2/h5-8H,3-4H2,1-2H3. The zero-order valence-electron chi connectivity index (χ0n) is 10.2. The molecule has 0 heterocycles. The van der Waals surface area contributed by atoms with Gasteiger partial charge in [0.25, 0.3) is 0 Å². The number of alkyl halides is 2. The second-order valence-corrected chi connectivity index (χ2v) is 3.67. The first-order chi connectivity index (χ1) is 8.43. The Labute approximate surface area is 104 Å². The molecule has 0 N–H and O–H groups in total. The van der Waals surface area contributed by atoms with Crippen LogP contribution in [-0.2, 0) is 16.0 Å². The van der Waals surface area contributed by atoms with Gasteiger partial charge in [0.1, 0.15) is 0 Å². The number of hydrogen-bond acceptors (Lipinski definition) is 3. The SMILES string of the molecule is CCOC(=O)C(F)(F)C(=O)c1ccc(CC)cc1. The maximum Gasteiger partial charge on any atom is 0.404 e. The van der Waals surface area contributed by atoms with E-state index < -0.39 is 17.7 Å². The van der Waals surface area contributed by atoms with E-state index in [1.54, 1.807) is 12.1 Å². The molecule has 1 aromatic rings. The average molecular weight is 256 g/mol. The van der Waals surface area contributed by atoms with Crippen LogP contribution in [-0.4, -0.2) is 24.3 Å². The molecule has 5 heteroatoms. The fraction of sp³-hybridized carbons (Fsp3) is 0.385. The molecule has 3 nitrogen and oxygen atoms in total. The van der Waals surface area contributed by atoms with Crippen molar-refractivity contribution < 1.29 is 23.1 Å². The predicted octanol–water partition coefficient (Wildman–Crippen LogP) is 2.63. The van der Waals surface area contributed by atoms with E-state index in [1.807, 2.05) is 6.92 Å². The Balaban J connectivity index is 2.94. The predicted molar refractivity (Wildman–Crippen MR) is 61.7 cm³/mol. The number of benzene rings is 1. The van der Waals surface area contributed by atoms with Crippen LogP contribution in [0, 0.1) is 0 Å². The minimum atomic E-state index is -4.14. The number of ketones is 1. The molecule has 0 radical (unpaired) electrons.